The van der Waals surface area contributed by atoms with Crippen LogP contribution in [0.25, 0.3) is 0 Å². The second-order valence-electron chi connectivity index (χ2n) is 5.72. The van der Waals surface area contributed by atoms with Crippen molar-refractivity contribution in [2.24, 2.45) is 0 Å². The first-order valence-electron chi connectivity index (χ1n) is 7.24. The van der Waals surface area contributed by atoms with Gasteiger partial charge >= 0.3 is 0 Å². The molecule has 1 heterocycles. The summed E-state index contributed by atoms with van der Waals surface area (Å²) >= 11 is 0. The van der Waals surface area contributed by atoms with Gasteiger partial charge in [0.05, 0.1) is 0 Å². The molecular weight excluding hydrogens is 255 g/mol. The van der Waals surface area contributed by atoms with Crippen LogP contribution in [0.5, 0.6) is 0 Å². The molecule has 0 aromatic heterocycles. The third-order valence-electron chi connectivity index (χ3n) is 4.06. The lowest BCUT2D eigenvalue weighted by atomic mass is 10.1. The number of hydrogen-bond donors (Lipinski definition) is 0. The van der Waals surface area contributed by atoms with Crippen LogP contribution >= 0.6 is 0 Å². The van der Waals surface area contributed by atoms with Gasteiger partial charge in [-0.2, -0.15) is 0 Å². The highest BCUT2D eigenvalue weighted by atomic mass is 19.1. The van der Waals surface area contributed by atoms with Crippen LogP contribution in [0.15, 0.2) is 24.3 Å². The van der Waals surface area contributed by atoms with E-state index in [1.165, 1.54) is 31.5 Å². The van der Waals surface area contributed by atoms with Gasteiger partial charge in [-0.3, -0.25) is 4.79 Å². The van der Waals surface area contributed by atoms with Crippen molar-refractivity contribution in [3.05, 3.63) is 35.6 Å². The number of carbonyl (C=O) groups excluding carboxylic acids is 1. The quantitative estimate of drug-likeness (QED) is 0.747. The Morgan fingerprint density at radius 1 is 1.50 bits per heavy atom. The predicted molar refractivity (Wildman–Crippen MR) is 78.5 cm³/mol. The Morgan fingerprint density at radius 3 is 2.95 bits per heavy atom. The summed E-state index contributed by atoms with van der Waals surface area (Å²) in [5, 5.41) is 0. The Balaban J connectivity index is 1.78. The Morgan fingerprint density at radius 2 is 2.30 bits per heavy atom. The standard InChI is InChI=1S/C16H23FN2O/c1-18(12-15-7-4-9-19(15)2)10-8-16(20)13-5-3-6-14(17)11-13/h3,5-6,11,15H,4,7-10,12H2,1-2H3. The normalized spacial score (nSPS) is 19.7. The minimum absolute atomic E-state index is 0.0103. The molecule has 1 aromatic carbocycles. The smallest absolute Gasteiger partial charge is 0.164 e. The number of hydrogen-bond acceptors (Lipinski definition) is 3. The first kappa shape index (κ1) is 15.1. The number of nitrogens with zero attached hydrogens (tertiary/aromatic N) is 2. The fraction of sp³-hybridized carbons (Fsp3) is 0.562. The summed E-state index contributed by atoms with van der Waals surface area (Å²) in [6, 6.07) is 6.53. The second kappa shape index (κ2) is 6.95. The molecule has 2 rings (SSSR count). The van der Waals surface area contributed by atoms with Gasteiger partial charge in [0, 0.05) is 31.1 Å². The van der Waals surface area contributed by atoms with E-state index in [1.807, 2.05) is 7.05 Å². The lowest BCUT2D eigenvalue weighted by Crippen LogP contribution is -2.37. The van der Waals surface area contributed by atoms with Gasteiger partial charge in [-0.1, -0.05) is 12.1 Å². The first-order chi connectivity index (χ1) is 9.56. The molecule has 0 amide bonds. The number of Topliss-reactive ketones (excluding diaryl/α,β-unsaturated/α-hetero) is 1. The van der Waals surface area contributed by atoms with Gasteiger partial charge in [-0.15, -0.1) is 0 Å². The Hall–Kier alpha value is -1.26. The van der Waals surface area contributed by atoms with Crippen molar-refractivity contribution in [3.8, 4) is 0 Å². The summed E-state index contributed by atoms with van der Waals surface area (Å²) in [5.74, 6) is -0.340. The molecule has 0 N–H and O–H groups in total. The molecule has 1 fully saturated rings. The third-order valence-corrected chi connectivity index (χ3v) is 4.06. The van der Waals surface area contributed by atoms with E-state index >= 15 is 0 Å². The number of rotatable bonds is 6. The van der Waals surface area contributed by atoms with E-state index < -0.39 is 0 Å². The molecule has 1 unspecified atom stereocenters. The molecule has 1 atom stereocenters. The maximum atomic E-state index is 13.1. The molecule has 0 saturated carbocycles. The summed E-state index contributed by atoms with van der Waals surface area (Å²) < 4.78 is 13.1. The van der Waals surface area contributed by atoms with Gasteiger partial charge in [0.15, 0.2) is 5.78 Å². The molecule has 4 heteroatoms. The van der Waals surface area contributed by atoms with Crippen molar-refractivity contribution >= 4 is 5.78 Å². The van der Waals surface area contributed by atoms with Gasteiger partial charge in [0.2, 0.25) is 0 Å². The SMILES string of the molecule is CN(CCC(=O)c1cccc(F)c1)CC1CCCN1C. The maximum Gasteiger partial charge on any atom is 0.164 e. The number of likely N-dealkylation sites (N-methyl/N-ethyl adjacent to an activating group) is 2. The molecule has 1 aromatic rings. The highest BCUT2D eigenvalue weighted by Gasteiger charge is 2.22. The van der Waals surface area contributed by atoms with Gasteiger partial charge in [0.1, 0.15) is 5.82 Å². The van der Waals surface area contributed by atoms with Gasteiger partial charge < -0.3 is 9.80 Å². The molecule has 0 spiro atoms. The molecular formula is C16H23FN2O. The summed E-state index contributed by atoms with van der Waals surface area (Å²) in [5.41, 5.74) is 0.469. The maximum absolute atomic E-state index is 13.1. The minimum atomic E-state index is -0.350. The zero-order valence-corrected chi connectivity index (χ0v) is 12.3. The van der Waals surface area contributed by atoms with E-state index in [0.717, 1.165) is 13.1 Å². The van der Waals surface area contributed by atoms with Crippen LogP contribution < -0.4 is 0 Å². The van der Waals surface area contributed by atoms with E-state index in [2.05, 4.69) is 16.8 Å². The van der Waals surface area contributed by atoms with Crippen LogP contribution in [0.2, 0.25) is 0 Å². The number of likely N-dealkylation sites (tertiary alicyclic amines) is 1. The highest BCUT2D eigenvalue weighted by molar-refractivity contribution is 5.96. The molecule has 3 nitrogen and oxygen atoms in total. The van der Waals surface area contributed by atoms with Crippen molar-refractivity contribution in [3.63, 3.8) is 0 Å². The molecule has 20 heavy (non-hydrogen) atoms. The monoisotopic (exact) mass is 278 g/mol. The molecule has 1 saturated heterocycles. The number of benzene rings is 1. The average Bonchev–Trinajstić information content (AvgIpc) is 2.81. The zero-order valence-electron chi connectivity index (χ0n) is 12.3. The summed E-state index contributed by atoms with van der Waals surface area (Å²) in [4.78, 5) is 16.6. The predicted octanol–water partition coefficient (Wildman–Crippen LogP) is 2.42. The van der Waals surface area contributed by atoms with Crippen molar-refractivity contribution in [2.45, 2.75) is 25.3 Å². The van der Waals surface area contributed by atoms with E-state index in [0.29, 0.717) is 18.0 Å². The van der Waals surface area contributed by atoms with Crippen LogP contribution in [0, 0.1) is 5.82 Å². The van der Waals surface area contributed by atoms with Crippen molar-refractivity contribution < 1.29 is 9.18 Å². The molecule has 0 bridgehead atoms. The summed E-state index contributed by atoms with van der Waals surface area (Å²) in [7, 11) is 4.20. The molecule has 0 aliphatic carbocycles. The fourth-order valence-electron chi connectivity index (χ4n) is 2.76. The van der Waals surface area contributed by atoms with Crippen LogP contribution in [-0.4, -0.2) is 55.4 Å². The lowest BCUT2D eigenvalue weighted by Gasteiger charge is -2.25. The largest absolute Gasteiger partial charge is 0.304 e. The summed E-state index contributed by atoms with van der Waals surface area (Å²) in [6.45, 7) is 2.88. The fourth-order valence-corrected chi connectivity index (χ4v) is 2.76. The zero-order chi connectivity index (χ0) is 14.5. The Labute approximate surface area is 120 Å². The third kappa shape index (κ3) is 4.12. The Bertz CT molecular complexity index is 464. The van der Waals surface area contributed by atoms with E-state index in [4.69, 9.17) is 0 Å². The number of ketones is 1. The van der Waals surface area contributed by atoms with Gasteiger partial charge in [-0.25, -0.2) is 4.39 Å². The molecule has 0 radical (unpaired) electrons. The van der Waals surface area contributed by atoms with Crippen molar-refractivity contribution in [1.29, 1.82) is 0 Å². The average molecular weight is 278 g/mol. The highest BCUT2D eigenvalue weighted by Crippen LogP contribution is 2.15. The Kier molecular flexibility index (Phi) is 5.26. The number of carbonyl (C=O) groups is 1. The first-order valence-corrected chi connectivity index (χ1v) is 7.24. The van der Waals surface area contributed by atoms with Crippen molar-refractivity contribution in [2.75, 3.05) is 33.7 Å². The van der Waals surface area contributed by atoms with Crippen molar-refractivity contribution in [1.82, 2.24) is 9.80 Å². The van der Waals surface area contributed by atoms with E-state index in [9.17, 15) is 9.18 Å². The molecule has 1 aliphatic heterocycles. The minimum Gasteiger partial charge on any atom is -0.304 e. The van der Waals surface area contributed by atoms with Crippen LogP contribution in [0.3, 0.4) is 0 Å². The van der Waals surface area contributed by atoms with Crippen LogP contribution in [0.4, 0.5) is 4.39 Å². The molecule has 110 valence electrons. The lowest BCUT2D eigenvalue weighted by molar-refractivity contribution is 0.0963. The van der Waals surface area contributed by atoms with Crippen LogP contribution in [-0.2, 0) is 0 Å². The summed E-state index contributed by atoms with van der Waals surface area (Å²) in [6.07, 6.45) is 2.94. The van der Waals surface area contributed by atoms with E-state index in [-0.39, 0.29) is 11.6 Å². The second-order valence-corrected chi connectivity index (χ2v) is 5.72. The topological polar surface area (TPSA) is 23.6 Å². The number of halogens is 1. The van der Waals surface area contributed by atoms with E-state index in [1.54, 1.807) is 12.1 Å². The van der Waals surface area contributed by atoms with Gasteiger partial charge in [-0.05, 0) is 45.6 Å². The van der Waals surface area contributed by atoms with Crippen LogP contribution in [0.1, 0.15) is 29.6 Å². The molecule has 1 aliphatic rings. The van der Waals surface area contributed by atoms with Gasteiger partial charge in [0.25, 0.3) is 0 Å².